The van der Waals surface area contributed by atoms with Gasteiger partial charge in [0.15, 0.2) is 12.2 Å². The molecule has 0 saturated carbocycles. The standard InChI is InChI=1S/C14H13N7O6S2/c1-5(22)20(4-15)10-11(25)21-9(13(26)27)6(3-28-12(10)21)7(2-8(23)24)29-14-16-18-19-17-14/h7,10,12H,2-3H2,1H3,(H,23,24)(H,26,27)(H,16,17,18,19)/t7?,10?,12-/m0/s1. The Kier molecular flexibility index (Phi) is 5.75. The molecule has 2 aliphatic heterocycles. The van der Waals surface area contributed by atoms with Crippen LogP contribution in [-0.4, -0.2) is 86.8 Å². The molecule has 3 heterocycles. The summed E-state index contributed by atoms with van der Waals surface area (Å²) in [6.45, 7) is 1.14. The normalized spacial score (nSPS) is 21.7. The van der Waals surface area contributed by atoms with Crippen LogP contribution in [0.1, 0.15) is 13.3 Å². The average Bonchev–Trinajstić information content (AvgIpc) is 3.16. The first-order chi connectivity index (χ1) is 13.8. The van der Waals surface area contributed by atoms with E-state index in [0.717, 1.165) is 35.3 Å². The van der Waals surface area contributed by atoms with E-state index in [1.165, 1.54) is 0 Å². The number of nitrogens with one attached hydrogen (secondary N) is 1. The number of tetrazole rings is 1. The fourth-order valence-electron chi connectivity index (χ4n) is 3.03. The molecule has 0 bridgehead atoms. The number of H-pyrrole nitrogens is 1. The van der Waals surface area contributed by atoms with Crippen molar-refractivity contribution in [3.63, 3.8) is 0 Å². The molecule has 15 heteroatoms. The number of aromatic nitrogens is 4. The molecule has 29 heavy (non-hydrogen) atoms. The number of fused-ring (bicyclic) bond motifs is 1. The first-order valence-electron chi connectivity index (χ1n) is 7.98. The molecule has 3 rings (SSSR count). The van der Waals surface area contributed by atoms with Gasteiger partial charge in [-0.3, -0.25) is 19.3 Å². The van der Waals surface area contributed by atoms with E-state index >= 15 is 0 Å². The highest BCUT2D eigenvalue weighted by atomic mass is 32.2. The van der Waals surface area contributed by atoms with Gasteiger partial charge in [-0.2, -0.15) is 10.5 Å². The van der Waals surface area contributed by atoms with Gasteiger partial charge < -0.3 is 10.2 Å². The van der Waals surface area contributed by atoms with E-state index in [9.17, 15) is 29.4 Å². The van der Waals surface area contributed by atoms with Gasteiger partial charge in [-0.25, -0.2) is 9.69 Å². The summed E-state index contributed by atoms with van der Waals surface area (Å²) < 4.78 is 0. The molecule has 2 aliphatic rings. The van der Waals surface area contributed by atoms with Crippen LogP contribution in [-0.2, 0) is 19.2 Å². The second-order valence-electron chi connectivity index (χ2n) is 5.92. The predicted molar refractivity (Wildman–Crippen MR) is 95.8 cm³/mol. The maximum absolute atomic E-state index is 12.6. The highest BCUT2D eigenvalue weighted by molar-refractivity contribution is 8.01. The van der Waals surface area contributed by atoms with Crippen LogP contribution in [0.5, 0.6) is 0 Å². The summed E-state index contributed by atoms with van der Waals surface area (Å²) in [6, 6.07) is -1.10. The van der Waals surface area contributed by atoms with Gasteiger partial charge in [0.05, 0.1) is 6.42 Å². The van der Waals surface area contributed by atoms with Crippen molar-refractivity contribution in [2.24, 2.45) is 0 Å². The summed E-state index contributed by atoms with van der Waals surface area (Å²) in [7, 11) is 0. The second kappa shape index (κ2) is 8.09. The summed E-state index contributed by atoms with van der Waals surface area (Å²) in [5, 5.41) is 39.7. The van der Waals surface area contributed by atoms with Crippen molar-refractivity contribution in [3.8, 4) is 6.19 Å². The van der Waals surface area contributed by atoms with Crippen LogP contribution < -0.4 is 0 Å². The molecule has 0 aliphatic carbocycles. The molecule has 0 aromatic carbocycles. The Bertz CT molecular complexity index is 943. The number of carbonyl (C=O) groups is 4. The lowest BCUT2D eigenvalue weighted by molar-refractivity contribution is -0.156. The number of nitriles is 1. The number of carbonyl (C=O) groups excluding carboxylic acids is 2. The number of thioether (sulfide) groups is 2. The van der Waals surface area contributed by atoms with Gasteiger partial charge >= 0.3 is 11.9 Å². The maximum Gasteiger partial charge on any atom is 0.352 e. The second-order valence-corrected chi connectivity index (χ2v) is 8.20. The van der Waals surface area contributed by atoms with Crippen molar-refractivity contribution in [3.05, 3.63) is 11.3 Å². The first-order valence-corrected chi connectivity index (χ1v) is 9.91. The first kappa shape index (κ1) is 20.6. The summed E-state index contributed by atoms with van der Waals surface area (Å²) in [6.07, 6.45) is 1.22. The van der Waals surface area contributed by atoms with Crippen molar-refractivity contribution in [1.82, 2.24) is 30.4 Å². The molecule has 1 saturated heterocycles. The zero-order valence-electron chi connectivity index (χ0n) is 14.7. The molecular formula is C14H13N7O6S2. The lowest BCUT2D eigenvalue weighted by Crippen LogP contribution is -2.70. The number of amides is 2. The van der Waals surface area contributed by atoms with Gasteiger partial charge in [0.2, 0.25) is 11.1 Å². The molecule has 3 atom stereocenters. The number of carboxylic acids is 2. The number of aromatic amines is 1. The third-order valence-corrected chi connectivity index (χ3v) is 6.63. The lowest BCUT2D eigenvalue weighted by Gasteiger charge is -2.51. The highest BCUT2D eigenvalue weighted by Gasteiger charge is 2.57. The van der Waals surface area contributed by atoms with Gasteiger partial charge in [-0.1, -0.05) is 11.8 Å². The van der Waals surface area contributed by atoms with Crippen LogP contribution in [0.4, 0.5) is 0 Å². The van der Waals surface area contributed by atoms with Gasteiger partial charge in [0.1, 0.15) is 11.1 Å². The molecule has 152 valence electrons. The Labute approximate surface area is 171 Å². The number of rotatable bonds is 7. The van der Waals surface area contributed by atoms with Gasteiger partial charge in [-0.15, -0.1) is 22.0 Å². The SMILES string of the molecule is CC(=O)N(C#N)C1C(=O)N2C(C(=O)O)=C(C(CC(=O)O)Sc3nn[nH]n3)CS[C@@H]12. The number of β-lactam (4-membered cyclic amide) rings is 1. The van der Waals surface area contributed by atoms with Gasteiger partial charge in [0, 0.05) is 17.9 Å². The summed E-state index contributed by atoms with van der Waals surface area (Å²) in [4.78, 5) is 49.2. The average molecular weight is 439 g/mol. The summed E-state index contributed by atoms with van der Waals surface area (Å²) in [5.41, 5.74) is -0.132. The molecular weight excluding hydrogens is 426 g/mol. The van der Waals surface area contributed by atoms with Crippen molar-refractivity contribution >= 4 is 47.3 Å². The van der Waals surface area contributed by atoms with E-state index in [4.69, 9.17) is 5.26 Å². The fraction of sp³-hybridized carbons (Fsp3) is 0.429. The summed E-state index contributed by atoms with van der Waals surface area (Å²) in [5.74, 6) is -3.84. The zero-order chi connectivity index (χ0) is 21.3. The Balaban J connectivity index is 1.97. The van der Waals surface area contributed by atoms with E-state index < -0.39 is 46.8 Å². The zero-order valence-corrected chi connectivity index (χ0v) is 16.3. The monoisotopic (exact) mass is 439 g/mol. The predicted octanol–water partition coefficient (Wildman–Crippen LogP) is -0.913. The number of aliphatic carboxylic acids is 2. The number of nitrogens with zero attached hydrogens (tertiary/aromatic N) is 6. The van der Waals surface area contributed by atoms with E-state index in [2.05, 4.69) is 20.6 Å². The number of carboxylic acid groups (broad SMARTS) is 2. The van der Waals surface area contributed by atoms with E-state index in [1.54, 1.807) is 6.19 Å². The van der Waals surface area contributed by atoms with Crippen molar-refractivity contribution in [2.45, 2.75) is 35.2 Å². The molecule has 1 fully saturated rings. The molecule has 1 aromatic heterocycles. The van der Waals surface area contributed by atoms with Gasteiger partial charge in [-0.05, 0) is 10.8 Å². The van der Waals surface area contributed by atoms with Crippen molar-refractivity contribution in [2.75, 3.05) is 5.75 Å². The van der Waals surface area contributed by atoms with Crippen LogP contribution in [0.2, 0.25) is 0 Å². The quantitative estimate of drug-likeness (QED) is 0.205. The Morgan fingerprint density at radius 1 is 1.48 bits per heavy atom. The van der Waals surface area contributed by atoms with E-state index in [-0.39, 0.29) is 22.2 Å². The Morgan fingerprint density at radius 3 is 2.72 bits per heavy atom. The highest BCUT2D eigenvalue weighted by Crippen LogP contribution is 2.45. The van der Waals surface area contributed by atoms with Crippen LogP contribution in [0.25, 0.3) is 0 Å². The van der Waals surface area contributed by atoms with Gasteiger partial charge in [0.25, 0.3) is 5.91 Å². The van der Waals surface area contributed by atoms with Crippen LogP contribution in [0, 0.1) is 11.5 Å². The van der Waals surface area contributed by atoms with E-state index in [0.29, 0.717) is 4.90 Å². The largest absolute Gasteiger partial charge is 0.481 e. The molecule has 0 radical (unpaired) electrons. The molecule has 2 amide bonds. The molecule has 13 nitrogen and oxygen atoms in total. The molecule has 0 spiro atoms. The lowest BCUT2D eigenvalue weighted by atomic mass is 9.99. The minimum Gasteiger partial charge on any atom is -0.481 e. The topological polar surface area (TPSA) is 193 Å². The Hall–Kier alpha value is -3.12. The maximum atomic E-state index is 12.6. The third kappa shape index (κ3) is 3.76. The number of hydrogen-bond donors (Lipinski definition) is 3. The third-order valence-electron chi connectivity index (χ3n) is 4.22. The van der Waals surface area contributed by atoms with Crippen molar-refractivity contribution in [1.29, 1.82) is 5.26 Å². The molecule has 1 aromatic rings. The molecule has 2 unspecified atom stereocenters. The van der Waals surface area contributed by atoms with Crippen LogP contribution in [0.3, 0.4) is 0 Å². The summed E-state index contributed by atoms with van der Waals surface area (Å²) >= 11 is 2.06. The minimum absolute atomic E-state index is 0.0898. The van der Waals surface area contributed by atoms with E-state index in [1.807, 2.05) is 0 Å². The number of hydrogen-bond acceptors (Lipinski definition) is 10. The minimum atomic E-state index is -1.41. The molecule has 3 N–H and O–H groups in total. The van der Waals surface area contributed by atoms with Crippen LogP contribution in [0.15, 0.2) is 16.4 Å². The smallest absolute Gasteiger partial charge is 0.352 e. The Morgan fingerprint density at radius 2 is 2.21 bits per heavy atom. The van der Waals surface area contributed by atoms with Crippen LogP contribution >= 0.6 is 23.5 Å². The van der Waals surface area contributed by atoms with Crippen molar-refractivity contribution < 1.29 is 29.4 Å². The fourth-order valence-corrected chi connectivity index (χ4v) is 5.60.